The van der Waals surface area contributed by atoms with Crippen LogP contribution in [-0.4, -0.2) is 31.5 Å². The van der Waals surface area contributed by atoms with E-state index in [4.69, 9.17) is 0 Å². The molecule has 0 aromatic rings. The summed E-state index contributed by atoms with van der Waals surface area (Å²) in [5, 5.41) is 3.48. The lowest BCUT2D eigenvalue weighted by molar-refractivity contribution is 0.327. The maximum absolute atomic E-state index is 12.0. The summed E-state index contributed by atoms with van der Waals surface area (Å²) in [4.78, 5) is 0. The van der Waals surface area contributed by atoms with Crippen molar-refractivity contribution in [3.05, 3.63) is 0 Å². The Morgan fingerprint density at radius 2 is 1.65 bits per heavy atom. The lowest BCUT2D eigenvalue weighted by atomic mass is 9.90. The van der Waals surface area contributed by atoms with Gasteiger partial charge in [-0.3, -0.25) is 0 Å². The van der Waals surface area contributed by atoms with E-state index in [1.165, 1.54) is 12.8 Å². The van der Waals surface area contributed by atoms with Gasteiger partial charge in [-0.25, -0.2) is 8.42 Å². The van der Waals surface area contributed by atoms with Crippen LogP contribution in [0.5, 0.6) is 0 Å². The molecule has 3 nitrogen and oxygen atoms in total. The highest BCUT2D eigenvalue weighted by Gasteiger charge is 2.32. The molecular formula is C13H27NO2S. The van der Waals surface area contributed by atoms with Crippen molar-refractivity contribution in [2.45, 2.75) is 64.7 Å². The van der Waals surface area contributed by atoms with Crippen molar-refractivity contribution in [1.82, 2.24) is 5.32 Å². The van der Waals surface area contributed by atoms with Gasteiger partial charge in [0.05, 0.1) is 10.5 Å². The quantitative estimate of drug-likeness (QED) is 0.798. The van der Waals surface area contributed by atoms with Crippen molar-refractivity contribution in [1.29, 1.82) is 0 Å². The van der Waals surface area contributed by atoms with E-state index >= 15 is 0 Å². The van der Waals surface area contributed by atoms with Crippen LogP contribution in [0.15, 0.2) is 0 Å². The molecule has 0 spiro atoms. The fourth-order valence-electron chi connectivity index (χ4n) is 1.51. The maximum atomic E-state index is 12.0. The lowest BCUT2D eigenvalue weighted by Crippen LogP contribution is -2.36. The Balaban J connectivity index is 2.42. The Labute approximate surface area is 106 Å². The van der Waals surface area contributed by atoms with Crippen LogP contribution in [0.25, 0.3) is 0 Å². The predicted octanol–water partition coefficient (Wildman–Crippen LogP) is 2.37. The fourth-order valence-corrected chi connectivity index (χ4v) is 2.95. The average molecular weight is 261 g/mol. The molecule has 0 unspecified atom stereocenters. The Hall–Kier alpha value is -0.0900. The first-order chi connectivity index (χ1) is 7.54. The second-order valence-electron chi connectivity index (χ2n) is 7.00. The zero-order valence-corrected chi connectivity index (χ0v) is 12.7. The summed E-state index contributed by atoms with van der Waals surface area (Å²) >= 11 is 0. The lowest BCUT2D eigenvalue weighted by Gasteiger charge is -2.27. The third kappa shape index (κ3) is 4.96. The predicted molar refractivity (Wildman–Crippen MR) is 73.0 cm³/mol. The largest absolute Gasteiger partial charge is 0.313 e. The molecule has 1 fully saturated rings. The Morgan fingerprint density at radius 3 is 2.06 bits per heavy atom. The van der Waals surface area contributed by atoms with E-state index in [2.05, 4.69) is 19.2 Å². The van der Waals surface area contributed by atoms with Crippen LogP contribution in [0, 0.1) is 5.41 Å². The molecule has 0 aliphatic heterocycles. The molecule has 1 rings (SSSR count). The van der Waals surface area contributed by atoms with Gasteiger partial charge in [0.25, 0.3) is 0 Å². The van der Waals surface area contributed by atoms with Gasteiger partial charge in [0, 0.05) is 12.6 Å². The summed E-state index contributed by atoms with van der Waals surface area (Å²) in [5.41, 5.74) is 0.0565. The summed E-state index contributed by atoms with van der Waals surface area (Å²) in [6.45, 7) is 10.5. The highest BCUT2D eigenvalue weighted by molar-refractivity contribution is 7.92. The zero-order valence-electron chi connectivity index (χ0n) is 11.8. The first-order valence-electron chi connectivity index (χ1n) is 6.49. The Kier molecular flexibility index (Phi) is 4.30. The second-order valence-corrected chi connectivity index (χ2v) is 9.86. The van der Waals surface area contributed by atoms with Crippen LogP contribution in [0.1, 0.15) is 53.9 Å². The van der Waals surface area contributed by atoms with Crippen molar-refractivity contribution in [2.75, 3.05) is 12.3 Å². The normalized spacial score (nSPS) is 18.4. The van der Waals surface area contributed by atoms with Crippen molar-refractivity contribution >= 4 is 9.84 Å². The van der Waals surface area contributed by atoms with Gasteiger partial charge in [-0.05, 0) is 45.4 Å². The van der Waals surface area contributed by atoms with E-state index in [1.54, 1.807) is 20.8 Å². The van der Waals surface area contributed by atoms with E-state index < -0.39 is 14.6 Å². The van der Waals surface area contributed by atoms with Crippen LogP contribution in [-0.2, 0) is 9.84 Å². The monoisotopic (exact) mass is 261 g/mol. The van der Waals surface area contributed by atoms with Crippen LogP contribution in [0.3, 0.4) is 0 Å². The molecule has 0 saturated heterocycles. The molecule has 0 amide bonds. The minimum Gasteiger partial charge on any atom is -0.313 e. The minimum atomic E-state index is -2.98. The molecule has 102 valence electrons. The molecule has 0 radical (unpaired) electrons. The van der Waals surface area contributed by atoms with Crippen molar-refractivity contribution < 1.29 is 8.42 Å². The number of hydrogen-bond acceptors (Lipinski definition) is 3. The number of sulfone groups is 1. The van der Waals surface area contributed by atoms with Crippen molar-refractivity contribution in [3.63, 3.8) is 0 Å². The Bertz CT molecular complexity index is 348. The molecule has 0 aromatic heterocycles. The molecule has 1 N–H and O–H groups in total. The highest BCUT2D eigenvalue weighted by Crippen LogP contribution is 2.26. The van der Waals surface area contributed by atoms with E-state index in [1.807, 2.05) is 0 Å². The van der Waals surface area contributed by atoms with E-state index in [0.717, 1.165) is 13.0 Å². The average Bonchev–Trinajstić information content (AvgIpc) is 2.94. The van der Waals surface area contributed by atoms with Crippen LogP contribution in [0.2, 0.25) is 0 Å². The molecule has 0 heterocycles. The Morgan fingerprint density at radius 1 is 1.12 bits per heavy atom. The maximum Gasteiger partial charge on any atom is 0.155 e. The molecule has 0 bridgehead atoms. The molecular weight excluding hydrogens is 234 g/mol. The van der Waals surface area contributed by atoms with Crippen molar-refractivity contribution in [2.24, 2.45) is 5.41 Å². The molecule has 0 aromatic carbocycles. The summed E-state index contributed by atoms with van der Waals surface area (Å²) in [6.07, 6.45) is 3.28. The van der Waals surface area contributed by atoms with Crippen LogP contribution >= 0.6 is 0 Å². The van der Waals surface area contributed by atoms with Gasteiger partial charge in [-0.15, -0.1) is 0 Å². The second kappa shape index (κ2) is 4.88. The molecule has 1 saturated carbocycles. The van der Waals surface area contributed by atoms with Gasteiger partial charge < -0.3 is 5.32 Å². The molecule has 1 aliphatic carbocycles. The third-order valence-electron chi connectivity index (χ3n) is 3.43. The standard InChI is InChI=1S/C13H27NO2S/c1-12(2,3)17(15,16)9-8-13(4,5)10-14-11-6-7-11/h11,14H,6-10H2,1-5H3. The van der Waals surface area contributed by atoms with E-state index in [-0.39, 0.29) is 11.2 Å². The van der Waals surface area contributed by atoms with Crippen molar-refractivity contribution in [3.8, 4) is 0 Å². The van der Waals surface area contributed by atoms with E-state index in [9.17, 15) is 8.42 Å². The van der Waals surface area contributed by atoms with Gasteiger partial charge in [-0.1, -0.05) is 13.8 Å². The summed E-state index contributed by atoms with van der Waals surface area (Å²) in [7, 11) is -2.98. The van der Waals surface area contributed by atoms with Gasteiger partial charge in [0.2, 0.25) is 0 Å². The van der Waals surface area contributed by atoms with Gasteiger partial charge in [-0.2, -0.15) is 0 Å². The van der Waals surface area contributed by atoms with Crippen LogP contribution in [0.4, 0.5) is 0 Å². The molecule has 1 aliphatic rings. The number of rotatable bonds is 6. The molecule has 0 atom stereocenters. The van der Waals surface area contributed by atoms with Gasteiger partial charge in [0.15, 0.2) is 9.84 Å². The smallest absolute Gasteiger partial charge is 0.155 e. The van der Waals surface area contributed by atoms with E-state index in [0.29, 0.717) is 6.04 Å². The van der Waals surface area contributed by atoms with Crippen LogP contribution < -0.4 is 5.32 Å². The fraction of sp³-hybridized carbons (Fsp3) is 1.00. The first kappa shape index (κ1) is 15.0. The molecule has 17 heavy (non-hydrogen) atoms. The molecule has 4 heteroatoms. The summed E-state index contributed by atoms with van der Waals surface area (Å²) < 4.78 is 23.4. The van der Waals surface area contributed by atoms with Gasteiger partial charge in [0.1, 0.15) is 0 Å². The topological polar surface area (TPSA) is 46.2 Å². The first-order valence-corrected chi connectivity index (χ1v) is 8.14. The number of nitrogens with one attached hydrogen (secondary N) is 1. The van der Waals surface area contributed by atoms with Gasteiger partial charge >= 0.3 is 0 Å². The highest BCUT2D eigenvalue weighted by atomic mass is 32.2. The third-order valence-corrected chi connectivity index (χ3v) is 6.03. The number of hydrogen-bond donors (Lipinski definition) is 1. The summed E-state index contributed by atoms with van der Waals surface area (Å²) in [6, 6.07) is 0.688. The zero-order chi connectivity index (χ0) is 13.3. The summed E-state index contributed by atoms with van der Waals surface area (Å²) in [5.74, 6) is 0.288. The SMILES string of the molecule is CC(C)(CCS(=O)(=O)C(C)(C)C)CNC1CC1. The minimum absolute atomic E-state index is 0.0565.